The largest absolute Gasteiger partial charge is 0.491 e. The van der Waals surface area contributed by atoms with Crippen molar-refractivity contribution >= 4 is 12.0 Å². The second-order valence-electron chi connectivity index (χ2n) is 4.96. The van der Waals surface area contributed by atoms with Gasteiger partial charge in [-0.05, 0) is 19.1 Å². The Hall–Kier alpha value is -2.45. The molecule has 1 aromatic rings. The van der Waals surface area contributed by atoms with E-state index in [2.05, 4.69) is 15.4 Å². The normalized spacial score (nSPS) is 12.2. The highest BCUT2D eigenvalue weighted by atomic mass is 19.4. The summed E-state index contributed by atoms with van der Waals surface area (Å²) in [7, 11) is 0. The highest BCUT2D eigenvalue weighted by Crippen LogP contribution is 2.14. The fraction of sp³-hybridized carbons (Fsp3) is 0.467. The van der Waals surface area contributed by atoms with Crippen molar-refractivity contribution in [3.8, 4) is 5.75 Å². The summed E-state index contributed by atoms with van der Waals surface area (Å²) in [6.45, 7) is 0.205. The van der Waals surface area contributed by atoms with Gasteiger partial charge in [-0.15, -0.1) is 0 Å². The third-order valence-corrected chi connectivity index (χ3v) is 2.64. The minimum atomic E-state index is -4.58. The zero-order valence-electron chi connectivity index (χ0n) is 13.1. The van der Waals surface area contributed by atoms with Crippen LogP contribution in [0.2, 0.25) is 0 Å². The van der Waals surface area contributed by atoms with Crippen LogP contribution in [0.25, 0.3) is 0 Å². The van der Waals surface area contributed by atoms with Crippen molar-refractivity contribution in [1.29, 1.82) is 0 Å². The topological polar surface area (TPSA) is 76.7 Å². The van der Waals surface area contributed by atoms with E-state index in [0.29, 0.717) is 5.75 Å². The molecular formula is C15H19F3N2O4. The summed E-state index contributed by atoms with van der Waals surface area (Å²) in [5, 5.41) is 4.71. The Morgan fingerprint density at radius 3 is 2.50 bits per heavy atom. The number of para-hydroxylation sites is 1. The molecule has 0 aromatic heterocycles. The maximum Gasteiger partial charge on any atom is 0.422 e. The summed E-state index contributed by atoms with van der Waals surface area (Å²) >= 11 is 0. The van der Waals surface area contributed by atoms with Crippen molar-refractivity contribution < 1.29 is 32.2 Å². The van der Waals surface area contributed by atoms with Gasteiger partial charge in [0.1, 0.15) is 12.4 Å². The van der Waals surface area contributed by atoms with E-state index in [1.54, 1.807) is 19.1 Å². The molecule has 1 rings (SSSR count). The van der Waals surface area contributed by atoms with Gasteiger partial charge in [-0.1, -0.05) is 18.2 Å². The number of hydrogen-bond acceptors (Lipinski definition) is 4. The highest BCUT2D eigenvalue weighted by Gasteiger charge is 2.29. The smallest absolute Gasteiger partial charge is 0.422 e. The maximum absolute atomic E-state index is 11.8. The number of carbonyl (C=O) groups is 2. The van der Waals surface area contributed by atoms with Gasteiger partial charge in [-0.2, -0.15) is 13.2 Å². The Kier molecular flexibility index (Phi) is 7.87. The van der Waals surface area contributed by atoms with E-state index < -0.39 is 18.9 Å². The quantitative estimate of drug-likeness (QED) is 0.755. The summed E-state index contributed by atoms with van der Waals surface area (Å²) in [5.41, 5.74) is 0. The first-order chi connectivity index (χ1) is 11.3. The predicted molar refractivity (Wildman–Crippen MR) is 79.6 cm³/mol. The number of alkyl halides is 3. The highest BCUT2D eigenvalue weighted by molar-refractivity contribution is 5.77. The Morgan fingerprint density at radius 1 is 1.21 bits per heavy atom. The number of alkyl carbamates (subject to hydrolysis) is 1. The fourth-order valence-corrected chi connectivity index (χ4v) is 1.60. The lowest BCUT2D eigenvalue weighted by Gasteiger charge is -2.15. The maximum atomic E-state index is 11.8. The average Bonchev–Trinajstić information content (AvgIpc) is 2.51. The lowest BCUT2D eigenvalue weighted by molar-refractivity contribution is -0.160. The molecule has 0 spiro atoms. The number of halogens is 3. The molecule has 134 valence electrons. The number of benzene rings is 1. The van der Waals surface area contributed by atoms with Crippen LogP contribution in [0.15, 0.2) is 30.3 Å². The first kappa shape index (κ1) is 19.6. The number of rotatable bonds is 8. The Labute approximate surface area is 137 Å². The van der Waals surface area contributed by atoms with Crippen LogP contribution in [-0.2, 0) is 9.53 Å². The van der Waals surface area contributed by atoms with Crippen molar-refractivity contribution in [3.63, 3.8) is 0 Å². The Morgan fingerprint density at radius 2 is 1.88 bits per heavy atom. The SMILES string of the molecule is C[C@H](COc1ccccc1)NC(=O)CCNC(=O)OCC(F)(F)F. The van der Waals surface area contributed by atoms with E-state index in [1.165, 1.54) is 0 Å². The van der Waals surface area contributed by atoms with Crippen LogP contribution in [-0.4, -0.2) is 44.0 Å². The molecule has 0 radical (unpaired) electrons. The summed E-state index contributed by atoms with van der Waals surface area (Å²) in [4.78, 5) is 22.6. The van der Waals surface area contributed by atoms with E-state index in [4.69, 9.17) is 4.74 Å². The number of amides is 2. The van der Waals surface area contributed by atoms with Crippen LogP contribution >= 0.6 is 0 Å². The van der Waals surface area contributed by atoms with E-state index in [9.17, 15) is 22.8 Å². The van der Waals surface area contributed by atoms with E-state index >= 15 is 0 Å². The molecule has 0 bridgehead atoms. The molecule has 24 heavy (non-hydrogen) atoms. The van der Waals surface area contributed by atoms with Gasteiger partial charge in [-0.3, -0.25) is 4.79 Å². The van der Waals surface area contributed by atoms with Crippen LogP contribution in [0.5, 0.6) is 5.75 Å². The molecule has 2 amide bonds. The molecule has 1 aromatic carbocycles. The molecule has 1 atom stereocenters. The van der Waals surface area contributed by atoms with Crippen molar-refractivity contribution in [2.45, 2.75) is 25.6 Å². The van der Waals surface area contributed by atoms with Gasteiger partial charge >= 0.3 is 12.3 Å². The molecule has 0 saturated carbocycles. The fourth-order valence-electron chi connectivity index (χ4n) is 1.60. The molecular weight excluding hydrogens is 329 g/mol. The van der Waals surface area contributed by atoms with Gasteiger partial charge < -0.3 is 20.1 Å². The molecule has 0 unspecified atom stereocenters. The summed E-state index contributed by atoms with van der Waals surface area (Å²) in [6.07, 6.45) is -5.89. The van der Waals surface area contributed by atoms with Gasteiger partial charge in [0.2, 0.25) is 5.91 Å². The Balaban J connectivity index is 2.13. The van der Waals surface area contributed by atoms with Crippen molar-refractivity contribution in [3.05, 3.63) is 30.3 Å². The first-order valence-electron chi connectivity index (χ1n) is 7.21. The minimum absolute atomic E-state index is 0.0865. The monoisotopic (exact) mass is 348 g/mol. The molecule has 0 aliphatic rings. The third kappa shape index (κ3) is 9.54. The zero-order valence-corrected chi connectivity index (χ0v) is 13.1. The van der Waals surface area contributed by atoms with Gasteiger partial charge in [0, 0.05) is 13.0 Å². The van der Waals surface area contributed by atoms with Crippen LogP contribution < -0.4 is 15.4 Å². The van der Waals surface area contributed by atoms with Gasteiger partial charge in [0.05, 0.1) is 6.04 Å². The number of ether oxygens (including phenoxy) is 2. The summed E-state index contributed by atoms with van der Waals surface area (Å²) in [6, 6.07) is 8.79. The molecule has 9 heteroatoms. The second-order valence-corrected chi connectivity index (χ2v) is 4.96. The van der Waals surface area contributed by atoms with Gasteiger partial charge in [-0.25, -0.2) is 4.79 Å². The predicted octanol–water partition coefficient (Wildman–Crippen LogP) is 2.25. The molecule has 0 aliphatic heterocycles. The lowest BCUT2D eigenvalue weighted by atomic mass is 10.3. The van der Waals surface area contributed by atoms with E-state index in [0.717, 1.165) is 0 Å². The van der Waals surface area contributed by atoms with Crippen LogP contribution in [0.4, 0.5) is 18.0 Å². The van der Waals surface area contributed by atoms with Crippen LogP contribution in [0.3, 0.4) is 0 Å². The number of hydrogen-bond donors (Lipinski definition) is 2. The van der Waals surface area contributed by atoms with Crippen LogP contribution in [0, 0.1) is 0 Å². The average molecular weight is 348 g/mol. The van der Waals surface area contributed by atoms with Crippen molar-refractivity contribution in [2.75, 3.05) is 19.8 Å². The van der Waals surface area contributed by atoms with E-state index in [1.807, 2.05) is 18.2 Å². The molecule has 0 heterocycles. The van der Waals surface area contributed by atoms with Crippen molar-refractivity contribution in [1.82, 2.24) is 10.6 Å². The number of nitrogens with one attached hydrogen (secondary N) is 2. The second kappa shape index (κ2) is 9.64. The molecule has 0 aliphatic carbocycles. The van der Waals surface area contributed by atoms with Crippen molar-refractivity contribution in [2.24, 2.45) is 0 Å². The zero-order chi connectivity index (χ0) is 18.0. The first-order valence-corrected chi connectivity index (χ1v) is 7.21. The molecule has 6 nitrogen and oxygen atoms in total. The standard InChI is InChI=1S/C15H19F3N2O4/c1-11(9-23-12-5-3-2-4-6-12)20-13(21)7-8-19-14(22)24-10-15(16,17)18/h2-6,11H,7-10H2,1H3,(H,19,22)(H,20,21)/t11-/m1/s1. The Bertz CT molecular complexity index is 523. The minimum Gasteiger partial charge on any atom is -0.491 e. The molecule has 2 N–H and O–H groups in total. The molecule has 0 fully saturated rings. The van der Waals surface area contributed by atoms with E-state index in [-0.39, 0.29) is 31.5 Å². The third-order valence-electron chi connectivity index (χ3n) is 2.64. The van der Waals surface area contributed by atoms with Gasteiger partial charge in [0.25, 0.3) is 0 Å². The van der Waals surface area contributed by atoms with Gasteiger partial charge in [0.15, 0.2) is 6.61 Å². The summed E-state index contributed by atoms with van der Waals surface area (Å²) in [5.74, 6) is 0.308. The summed E-state index contributed by atoms with van der Waals surface area (Å²) < 4.78 is 44.9. The van der Waals surface area contributed by atoms with Crippen LogP contribution in [0.1, 0.15) is 13.3 Å². The molecule has 0 saturated heterocycles. The number of carbonyl (C=O) groups excluding carboxylic acids is 2. The lowest BCUT2D eigenvalue weighted by Crippen LogP contribution is -2.39.